The average Bonchev–Trinajstić information content (AvgIpc) is 3.48. The van der Waals surface area contributed by atoms with Crippen LogP contribution in [0.3, 0.4) is 0 Å². The molecule has 0 unspecified atom stereocenters. The first-order chi connectivity index (χ1) is 15.5. The third-order valence-corrected chi connectivity index (χ3v) is 6.64. The number of aryl methyl sites for hydroxylation is 1. The van der Waals surface area contributed by atoms with Gasteiger partial charge in [-0.1, -0.05) is 23.4 Å². The molecule has 1 aliphatic heterocycles. The van der Waals surface area contributed by atoms with Crippen molar-refractivity contribution in [2.45, 2.75) is 20.0 Å². The Kier molecular flexibility index (Phi) is 5.30. The summed E-state index contributed by atoms with van der Waals surface area (Å²) >= 11 is 1.57. The Bertz CT molecular complexity index is 1270. The molecule has 0 spiro atoms. The number of pyridine rings is 1. The van der Waals surface area contributed by atoms with Crippen LogP contribution in [0.25, 0.3) is 21.7 Å². The molecule has 1 aliphatic rings. The van der Waals surface area contributed by atoms with E-state index >= 15 is 0 Å². The molecule has 3 aromatic heterocycles. The molecule has 1 atom stereocenters. The van der Waals surface area contributed by atoms with Crippen LogP contribution >= 0.6 is 11.3 Å². The maximum absolute atomic E-state index is 13.6. The molecule has 4 aromatic rings. The second kappa shape index (κ2) is 8.27. The van der Waals surface area contributed by atoms with E-state index < -0.39 is 0 Å². The van der Waals surface area contributed by atoms with E-state index in [2.05, 4.69) is 28.0 Å². The van der Waals surface area contributed by atoms with Gasteiger partial charge in [-0.05, 0) is 43.5 Å². The van der Waals surface area contributed by atoms with Crippen LogP contribution in [0, 0.1) is 6.92 Å². The number of nitrogens with zero attached hydrogens (tertiary/aromatic N) is 4. The minimum atomic E-state index is -0.128. The SMILES string of the molecule is CCN1C[C@@H](CN(C)C(=O)c2cc(-c3cccs3)nc3onc(C)c23)Oc2ccccc21. The highest BCUT2D eigenvalue weighted by atomic mass is 32.1. The number of likely N-dealkylation sites (N-methyl/N-ethyl adjacent to an activating group) is 2. The number of amides is 1. The van der Waals surface area contributed by atoms with Crippen molar-refractivity contribution in [3.05, 3.63) is 59.1 Å². The van der Waals surface area contributed by atoms with E-state index in [0.717, 1.165) is 29.4 Å². The zero-order chi connectivity index (χ0) is 22.2. The Morgan fingerprint density at radius 2 is 2.12 bits per heavy atom. The number of hydrogen-bond acceptors (Lipinski definition) is 7. The minimum Gasteiger partial charge on any atom is -0.485 e. The number of ether oxygens (including phenoxy) is 1. The van der Waals surface area contributed by atoms with Gasteiger partial charge < -0.3 is 19.1 Å². The van der Waals surface area contributed by atoms with Crippen LogP contribution in [0.15, 0.2) is 52.4 Å². The van der Waals surface area contributed by atoms with Gasteiger partial charge in [-0.3, -0.25) is 4.79 Å². The van der Waals surface area contributed by atoms with Crippen LogP contribution in [0.5, 0.6) is 5.75 Å². The number of benzene rings is 1. The summed E-state index contributed by atoms with van der Waals surface area (Å²) in [5.74, 6) is 0.750. The lowest BCUT2D eigenvalue weighted by molar-refractivity contribution is 0.0711. The van der Waals surface area contributed by atoms with Crippen LogP contribution in [-0.2, 0) is 0 Å². The molecular formula is C24H24N4O3S. The summed E-state index contributed by atoms with van der Waals surface area (Å²) in [6.45, 7) is 6.03. The van der Waals surface area contributed by atoms with Crippen molar-refractivity contribution in [3.63, 3.8) is 0 Å². The summed E-state index contributed by atoms with van der Waals surface area (Å²) in [6, 6.07) is 13.8. The quantitative estimate of drug-likeness (QED) is 0.444. The highest BCUT2D eigenvalue weighted by Gasteiger charge is 2.28. The molecule has 5 rings (SSSR count). The van der Waals surface area contributed by atoms with Gasteiger partial charge in [-0.2, -0.15) is 0 Å². The van der Waals surface area contributed by atoms with Crippen molar-refractivity contribution in [2.75, 3.05) is 31.6 Å². The predicted octanol–water partition coefficient (Wildman–Crippen LogP) is 4.62. The van der Waals surface area contributed by atoms with E-state index in [9.17, 15) is 4.79 Å². The molecule has 32 heavy (non-hydrogen) atoms. The maximum Gasteiger partial charge on any atom is 0.259 e. The fourth-order valence-corrected chi connectivity index (χ4v) is 4.87. The Morgan fingerprint density at radius 3 is 2.91 bits per heavy atom. The molecule has 0 N–H and O–H groups in total. The number of carbonyl (C=O) groups excluding carboxylic acids is 1. The number of thiophene rings is 1. The topological polar surface area (TPSA) is 71.7 Å². The summed E-state index contributed by atoms with van der Waals surface area (Å²) in [6.07, 6.45) is -0.128. The largest absolute Gasteiger partial charge is 0.485 e. The molecule has 1 aromatic carbocycles. The number of anilines is 1. The normalized spacial score (nSPS) is 15.5. The summed E-state index contributed by atoms with van der Waals surface area (Å²) < 4.78 is 11.6. The number of carbonyl (C=O) groups is 1. The fraction of sp³-hybridized carbons (Fsp3) is 0.292. The highest BCUT2D eigenvalue weighted by molar-refractivity contribution is 7.13. The first-order valence-corrected chi connectivity index (χ1v) is 11.5. The number of aromatic nitrogens is 2. The second-order valence-corrected chi connectivity index (χ2v) is 8.86. The number of fused-ring (bicyclic) bond motifs is 2. The summed E-state index contributed by atoms with van der Waals surface area (Å²) in [4.78, 5) is 23.1. The van der Waals surface area contributed by atoms with E-state index in [1.54, 1.807) is 16.2 Å². The monoisotopic (exact) mass is 448 g/mol. The number of hydrogen-bond donors (Lipinski definition) is 0. The van der Waals surface area contributed by atoms with Gasteiger partial charge in [-0.25, -0.2) is 4.98 Å². The van der Waals surface area contributed by atoms with Gasteiger partial charge in [-0.15, -0.1) is 11.3 Å². The van der Waals surface area contributed by atoms with E-state index in [1.165, 1.54) is 0 Å². The van der Waals surface area contributed by atoms with Gasteiger partial charge >= 0.3 is 0 Å². The van der Waals surface area contributed by atoms with E-state index in [4.69, 9.17) is 9.26 Å². The third-order valence-electron chi connectivity index (χ3n) is 5.75. The fourth-order valence-electron chi connectivity index (χ4n) is 4.18. The molecule has 0 saturated carbocycles. The standard InChI is InChI=1S/C24H24N4O3S/c1-4-28-14-16(30-20-9-6-5-8-19(20)28)13-27(3)24(29)17-12-18(21-10-7-11-32-21)25-23-22(17)15(2)26-31-23/h5-12,16H,4,13-14H2,1-3H3/t16-/m1/s1. The summed E-state index contributed by atoms with van der Waals surface area (Å²) in [5, 5.41) is 6.69. The smallest absolute Gasteiger partial charge is 0.259 e. The molecule has 7 nitrogen and oxygen atoms in total. The molecule has 0 saturated heterocycles. The highest BCUT2D eigenvalue weighted by Crippen LogP contribution is 2.33. The minimum absolute atomic E-state index is 0.105. The van der Waals surface area contributed by atoms with Gasteiger partial charge in [0, 0.05) is 13.6 Å². The van der Waals surface area contributed by atoms with Gasteiger partial charge in [0.15, 0.2) is 0 Å². The Morgan fingerprint density at radius 1 is 1.28 bits per heavy atom. The van der Waals surface area contributed by atoms with Crippen molar-refractivity contribution in [1.29, 1.82) is 0 Å². The Balaban J connectivity index is 1.44. The lowest BCUT2D eigenvalue weighted by Gasteiger charge is -2.37. The molecule has 0 bridgehead atoms. The van der Waals surface area contributed by atoms with Gasteiger partial charge in [0.25, 0.3) is 11.6 Å². The van der Waals surface area contributed by atoms with Crippen molar-refractivity contribution in [3.8, 4) is 16.3 Å². The molecule has 4 heterocycles. The van der Waals surface area contributed by atoms with Gasteiger partial charge in [0.1, 0.15) is 11.9 Å². The van der Waals surface area contributed by atoms with Crippen molar-refractivity contribution < 1.29 is 14.1 Å². The van der Waals surface area contributed by atoms with Crippen LogP contribution in [0.2, 0.25) is 0 Å². The summed E-state index contributed by atoms with van der Waals surface area (Å²) in [7, 11) is 1.81. The van der Waals surface area contributed by atoms with Crippen LogP contribution in [0.4, 0.5) is 5.69 Å². The molecule has 0 fully saturated rings. The molecule has 0 radical (unpaired) electrons. The molecular weight excluding hydrogens is 424 g/mol. The maximum atomic E-state index is 13.6. The van der Waals surface area contributed by atoms with E-state index in [-0.39, 0.29) is 12.0 Å². The van der Waals surface area contributed by atoms with Crippen molar-refractivity contribution in [2.24, 2.45) is 0 Å². The number of para-hydroxylation sites is 2. The first kappa shape index (κ1) is 20.5. The average molecular weight is 449 g/mol. The molecule has 1 amide bonds. The molecule has 8 heteroatoms. The van der Waals surface area contributed by atoms with E-state index in [1.807, 2.05) is 55.7 Å². The second-order valence-electron chi connectivity index (χ2n) is 7.91. The van der Waals surface area contributed by atoms with Crippen LogP contribution in [-0.4, -0.2) is 53.7 Å². The Labute approximate surface area is 190 Å². The summed E-state index contributed by atoms with van der Waals surface area (Å²) in [5.41, 5.74) is 3.38. The van der Waals surface area contributed by atoms with Crippen molar-refractivity contribution >= 4 is 34.0 Å². The Hall–Kier alpha value is -3.39. The lowest BCUT2D eigenvalue weighted by Crippen LogP contribution is -2.46. The zero-order valence-corrected chi connectivity index (χ0v) is 19.1. The predicted molar refractivity (Wildman–Crippen MR) is 126 cm³/mol. The number of rotatable bonds is 5. The van der Waals surface area contributed by atoms with Gasteiger partial charge in [0.05, 0.1) is 46.0 Å². The van der Waals surface area contributed by atoms with Gasteiger partial charge in [0.2, 0.25) is 0 Å². The molecule has 164 valence electrons. The lowest BCUT2D eigenvalue weighted by atomic mass is 10.1. The van der Waals surface area contributed by atoms with E-state index in [0.29, 0.717) is 34.6 Å². The molecule has 0 aliphatic carbocycles. The van der Waals surface area contributed by atoms with Crippen molar-refractivity contribution in [1.82, 2.24) is 15.0 Å². The third kappa shape index (κ3) is 3.60. The van der Waals surface area contributed by atoms with Crippen LogP contribution in [0.1, 0.15) is 23.0 Å². The zero-order valence-electron chi connectivity index (χ0n) is 18.2. The first-order valence-electron chi connectivity index (χ1n) is 10.6. The van der Waals surface area contributed by atoms with Crippen LogP contribution < -0.4 is 9.64 Å².